The lowest BCUT2D eigenvalue weighted by Gasteiger charge is -2.04. The molecule has 2 heterocycles. The van der Waals surface area contributed by atoms with Gasteiger partial charge in [0.2, 0.25) is 0 Å². The number of aromatic nitrogens is 1. The van der Waals surface area contributed by atoms with E-state index in [9.17, 15) is 0 Å². The van der Waals surface area contributed by atoms with Crippen LogP contribution in [0.3, 0.4) is 0 Å². The van der Waals surface area contributed by atoms with E-state index in [-0.39, 0.29) is 0 Å². The molecule has 3 rings (SSSR count). The summed E-state index contributed by atoms with van der Waals surface area (Å²) >= 11 is 3.39. The van der Waals surface area contributed by atoms with Gasteiger partial charge in [-0.25, -0.2) is 4.98 Å². The fourth-order valence-electron chi connectivity index (χ4n) is 1.91. The van der Waals surface area contributed by atoms with Crippen LogP contribution in [-0.4, -0.2) is 11.6 Å². The van der Waals surface area contributed by atoms with E-state index in [1.807, 2.05) is 24.3 Å². The van der Waals surface area contributed by atoms with Crippen LogP contribution in [0, 0.1) is 0 Å². The Balaban J connectivity index is 2.07. The Hall–Kier alpha value is -1.35. The molecule has 80 valence electrons. The Morgan fingerprint density at radius 2 is 2.12 bits per heavy atom. The van der Waals surface area contributed by atoms with E-state index in [2.05, 4.69) is 33.0 Å². The monoisotopic (exact) mass is 275 g/mol. The molecule has 2 aromatic rings. The van der Waals surface area contributed by atoms with Gasteiger partial charge in [0.1, 0.15) is 10.4 Å². The molecule has 0 fully saturated rings. The van der Waals surface area contributed by atoms with Gasteiger partial charge in [0, 0.05) is 12.0 Å². The average Bonchev–Trinajstić information content (AvgIpc) is 2.75. The number of fused-ring (bicyclic) bond motifs is 1. The maximum Gasteiger partial charge on any atom is 0.122 e. The summed E-state index contributed by atoms with van der Waals surface area (Å²) in [6, 6.07) is 12.2. The van der Waals surface area contributed by atoms with Crippen LogP contribution in [-0.2, 0) is 6.42 Å². The number of benzene rings is 1. The van der Waals surface area contributed by atoms with Crippen molar-refractivity contribution in [2.75, 3.05) is 6.61 Å². The predicted octanol–water partition coefficient (Wildman–Crippen LogP) is 3.45. The van der Waals surface area contributed by atoms with E-state index in [0.717, 1.165) is 34.6 Å². The smallest absolute Gasteiger partial charge is 0.122 e. The fourth-order valence-corrected chi connectivity index (χ4v) is 2.26. The summed E-state index contributed by atoms with van der Waals surface area (Å²) in [6.45, 7) is 0.796. The molecule has 0 unspecified atom stereocenters. The molecule has 3 heteroatoms. The van der Waals surface area contributed by atoms with Crippen molar-refractivity contribution in [3.05, 3.63) is 46.6 Å². The molecule has 0 amide bonds. The lowest BCUT2D eigenvalue weighted by molar-refractivity contribution is 0.357. The van der Waals surface area contributed by atoms with Crippen LogP contribution >= 0.6 is 15.9 Å². The maximum absolute atomic E-state index is 5.48. The summed E-state index contributed by atoms with van der Waals surface area (Å²) in [7, 11) is 0. The van der Waals surface area contributed by atoms with E-state index >= 15 is 0 Å². The summed E-state index contributed by atoms with van der Waals surface area (Å²) in [4.78, 5) is 4.44. The standard InChI is InChI=1S/C13H10BrNO/c14-13-3-1-2-11(15-13)9-4-5-12-10(8-9)6-7-16-12/h1-5,8H,6-7H2. The molecule has 1 aliphatic heterocycles. The molecule has 16 heavy (non-hydrogen) atoms. The largest absolute Gasteiger partial charge is 0.493 e. The number of pyridine rings is 1. The zero-order valence-corrected chi connectivity index (χ0v) is 10.2. The number of rotatable bonds is 1. The Bertz CT molecular complexity index is 539. The Labute approximate surface area is 102 Å². The van der Waals surface area contributed by atoms with Crippen LogP contribution < -0.4 is 4.74 Å². The lowest BCUT2D eigenvalue weighted by Crippen LogP contribution is -1.85. The van der Waals surface area contributed by atoms with E-state index < -0.39 is 0 Å². The first-order chi connectivity index (χ1) is 7.83. The van der Waals surface area contributed by atoms with Gasteiger partial charge in [0.25, 0.3) is 0 Å². The minimum Gasteiger partial charge on any atom is -0.493 e. The third-order valence-electron chi connectivity index (χ3n) is 2.70. The maximum atomic E-state index is 5.48. The molecule has 2 nitrogen and oxygen atoms in total. The minimum absolute atomic E-state index is 0.796. The second kappa shape index (κ2) is 3.91. The summed E-state index contributed by atoms with van der Waals surface area (Å²) < 4.78 is 6.35. The number of hydrogen-bond donors (Lipinski definition) is 0. The number of nitrogens with zero attached hydrogens (tertiary/aromatic N) is 1. The molecule has 1 aromatic carbocycles. The highest BCUT2D eigenvalue weighted by Gasteiger charge is 2.12. The summed E-state index contributed by atoms with van der Waals surface area (Å²) in [5, 5.41) is 0. The first-order valence-electron chi connectivity index (χ1n) is 5.21. The molecule has 0 saturated heterocycles. The van der Waals surface area contributed by atoms with Crippen molar-refractivity contribution in [3.8, 4) is 17.0 Å². The van der Waals surface area contributed by atoms with Gasteiger partial charge in [0.15, 0.2) is 0 Å². The Morgan fingerprint density at radius 3 is 3.00 bits per heavy atom. The van der Waals surface area contributed by atoms with Gasteiger partial charge in [0.05, 0.1) is 12.3 Å². The second-order valence-electron chi connectivity index (χ2n) is 3.77. The molecule has 0 aliphatic carbocycles. The number of hydrogen-bond acceptors (Lipinski definition) is 2. The molecular weight excluding hydrogens is 266 g/mol. The van der Waals surface area contributed by atoms with Crippen LogP contribution in [0.4, 0.5) is 0 Å². The Kier molecular flexibility index (Phi) is 2.40. The average molecular weight is 276 g/mol. The zero-order chi connectivity index (χ0) is 11.0. The molecular formula is C13H10BrNO. The topological polar surface area (TPSA) is 22.1 Å². The SMILES string of the molecule is Brc1cccc(-c2ccc3c(c2)CCO3)n1. The predicted molar refractivity (Wildman–Crippen MR) is 66.6 cm³/mol. The van der Waals surface area contributed by atoms with Gasteiger partial charge in [-0.05, 0) is 51.8 Å². The molecule has 0 atom stereocenters. The van der Waals surface area contributed by atoms with E-state index in [0.29, 0.717) is 0 Å². The highest BCUT2D eigenvalue weighted by Crippen LogP contribution is 2.29. The van der Waals surface area contributed by atoms with Gasteiger partial charge >= 0.3 is 0 Å². The minimum atomic E-state index is 0.796. The van der Waals surface area contributed by atoms with Crippen molar-refractivity contribution < 1.29 is 4.74 Å². The summed E-state index contributed by atoms with van der Waals surface area (Å²) in [6.07, 6.45) is 0.997. The molecule has 1 aromatic heterocycles. The van der Waals surface area contributed by atoms with Crippen LogP contribution in [0.25, 0.3) is 11.3 Å². The van der Waals surface area contributed by atoms with Crippen LogP contribution in [0.15, 0.2) is 41.0 Å². The van der Waals surface area contributed by atoms with Crippen LogP contribution in [0.5, 0.6) is 5.75 Å². The van der Waals surface area contributed by atoms with Gasteiger partial charge in [-0.1, -0.05) is 6.07 Å². The van der Waals surface area contributed by atoms with Crippen molar-refractivity contribution in [2.45, 2.75) is 6.42 Å². The van der Waals surface area contributed by atoms with Gasteiger partial charge in [-0.3, -0.25) is 0 Å². The highest BCUT2D eigenvalue weighted by molar-refractivity contribution is 9.10. The van der Waals surface area contributed by atoms with Crippen molar-refractivity contribution in [3.63, 3.8) is 0 Å². The van der Waals surface area contributed by atoms with Crippen molar-refractivity contribution in [1.29, 1.82) is 0 Å². The van der Waals surface area contributed by atoms with Gasteiger partial charge in [-0.15, -0.1) is 0 Å². The van der Waals surface area contributed by atoms with E-state index in [1.165, 1.54) is 5.56 Å². The summed E-state index contributed by atoms with van der Waals surface area (Å²) in [5.41, 5.74) is 3.41. The van der Waals surface area contributed by atoms with Crippen molar-refractivity contribution in [1.82, 2.24) is 4.98 Å². The lowest BCUT2D eigenvalue weighted by atomic mass is 10.1. The number of ether oxygens (including phenoxy) is 1. The van der Waals surface area contributed by atoms with Crippen molar-refractivity contribution >= 4 is 15.9 Å². The Morgan fingerprint density at radius 1 is 1.19 bits per heavy atom. The molecule has 0 radical (unpaired) electrons. The number of halogens is 1. The molecule has 0 saturated carbocycles. The molecule has 0 bridgehead atoms. The molecule has 1 aliphatic rings. The van der Waals surface area contributed by atoms with Crippen LogP contribution in [0.1, 0.15) is 5.56 Å². The molecule has 0 N–H and O–H groups in total. The van der Waals surface area contributed by atoms with Gasteiger partial charge in [-0.2, -0.15) is 0 Å². The first-order valence-corrected chi connectivity index (χ1v) is 6.01. The fraction of sp³-hybridized carbons (Fsp3) is 0.154. The quantitative estimate of drug-likeness (QED) is 0.744. The van der Waals surface area contributed by atoms with Crippen LogP contribution in [0.2, 0.25) is 0 Å². The normalized spacial score (nSPS) is 13.3. The zero-order valence-electron chi connectivity index (χ0n) is 8.61. The van der Waals surface area contributed by atoms with E-state index in [4.69, 9.17) is 4.74 Å². The van der Waals surface area contributed by atoms with Gasteiger partial charge < -0.3 is 4.74 Å². The highest BCUT2D eigenvalue weighted by atomic mass is 79.9. The van der Waals surface area contributed by atoms with E-state index in [1.54, 1.807) is 0 Å². The summed E-state index contributed by atoms with van der Waals surface area (Å²) in [5.74, 6) is 1.01. The third-order valence-corrected chi connectivity index (χ3v) is 3.14. The first kappa shape index (κ1) is 9.85. The third kappa shape index (κ3) is 1.71. The molecule has 0 spiro atoms. The second-order valence-corrected chi connectivity index (χ2v) is 4.58. The van der Waals surface area contributed by atoms with Crippen molar-refractivity contribution in [2.24, 2.45) is 0 Å².